The van der Waals surface area contributed by atoms with Crippen LogP contribution in [0.2, 0.25) is 0 Å². The minimum Gasteiger partial charge on any atom is -0.396 e. The molecule has 0 bridgehead atoms. The first-order valence-corrected chi connectivity index (χ1v) is 6.02. The van der Waals surface area contributed by atoms with Crippen molar-refractivity contribution in [2.75, 3.05) is 11.1 Å². The summed E-state index contributed by atoms with van der Waals surface area (Å²) in [6.45, 7) is 2.08. The lowest BCUT2D eigenvalue weighted by Gasteiger charge is -2.10. The number of amides is 1. The Kier molecular flexibility index (Phi) is 3.66. The molecule has 0 fully saturated rings. The zero-order valence-electron chi connectivity index (χ0n) is 10.7. The fourth-order valence-electron chi connectivity index (χ4n) is 1.71. The van der Waals surface area contributed by atoms with Crippen LogP contribution in [0.5, 0.6) is 0 Å². The van der Waals surface area contributed by atoms with Crippen molar-refractivity contribution in [1.82, 2.24) is 4.98 Å². The minimum absolute atomic E-state index is 0.184. The van der Waals surface area contributed by atoms with Gasteiger partial charge in [0.1, 0.15) is 5.69 Å². The maximum atomic E-state index is 11.1. The van der Waals surface area contributed by atoms with Crippen LogP contribution in [0.4, 0.5) is 17.2 Å². The highest BCUT2D eigenvalue weighted by Gasteiger charge is 2.07. The molecule has 0 saturated heterocycles. The zero-order chi connectivity index (χ0) is 13.8. The quantitative estimate of drug-likeness (QED) is 0.780. The molecule has 0 unspecified atom stereocenters. The molecule has 2 rings (SSSR count). The molecular weight excluding hydrogens is 240 g/mol. The van der Waals surface area contributed by atoms with E-state index in [9.17, 15) is 4.79 Å². The van der Waals surface area contributed by atoms with Gasteiger partial charge in [-0.2, -0.15) is 0 Å². The van der Waals surface area contributed by atoms with Gasteiger partial charge in [-0.3, -0.25) is 4.79 Å². The smallest absolute Gasteiger partial charge is 0.267 e. The Morgan fingerprint density at radius 2 is 2.11 bits per heavy atom. The average molecular weight is 256 g/mol. The molecular formula is C14H16N4O. The molecule has 0 atom stereocenters. The summed E-state index contributed by atoms with van der Waals surface area (Å²) >= 11 is 0. The van der Waals surface area contributed by atoms with Crippen molar-refractivity contribution in [2.45, 2.75) is 13.3 Å². The first kappa shape index (κ1) is 12.9. The van der Waals surface area contributed by atoms with Gasteiger partial charge in [0.15, 0.2) is 5.82 Å². The van der Waals surface area contributed by atoms with E-state index in [4.69, 9.17) is 11.5 Å². The molecule has 0 aliphatic heterocycles. The van der Waals surface area contributed by atoms with Gasteiger partial charge in [-0.15, -0.1) is 0 Å². The molecule has 0 aliphatic rings. The number of anilines is 3. The van der Waals surface area contributed by atoms with Gasteiger partial charge in [-0.1, -0.05) is 19.1 Å². The van der Waals surface area contributed by atoms with Crippen molar-refractivity contribution in [3.8, 4) is 0 Å². The van der Waals surface area contributed by atoms with Crippen molar-refractivity contribution >= 4 is 23.1 Å². The highest BCUT2D eigenvalue weighted by atomic mass is 16.1. The van der Waals surface area contributed by atoms with Crippen molar-refractivity contribution in [2.24, 2.45) is 5.73 Å². The van der Waals surface area contributed by atoms with Crippen LogP contribution in [0.25, 0.3) is 0 Å². The average Bonchev–Trinajstić information content (AvgIpc) is 2.41. The third kappa shape index (κ3) is 3.01. The molecule has 5 nitrogen and oxygen atoms in total. The van der Waals surface area contributed by atoms with E-state index in [2.05, 4.69) is 17.2 Å². The van der Waals surface area contributed by atoms with Crippen molar-refractivity contribution in [3.05, 3.63) is 47.7 Å². The predicted octanol–water partition coefficient (Wildman–Crippen LogP) is 2.07. The highest BCUT2D eigenvalue weighted by Crippen LogP contribution is 2.22. The van der Waals surface area contributed by atoms with Crippen molar-refractivity contribution in [3.63, 3.8) is 0 Å². The van der Waals surface area contributed by atoms with Gasteiger partial charge in [0, 0.05) is 5.69 Å². The largest absolute Gasteiger partial charge is 0.396 e. The van der Waals surface area contributed by atoms with Gasteiger partial charge in [-0.05, 0) is 36.2 Å². The van der Waals surface area contributed by atoms with E-state index in [-0.39, 0.29) is 5.69 Å². The van der Waals surface area contributed by atoms with E-state index in [0.717, 1.165) is 12.1 Å². The molecule has 1 aromatic heterocycles. The number of nitrogens with two attached hydrogens (primary N) is 2. The topological polar surface area (TPSA) is 94.0 Å². The molecule has 0 aliphatic carbocycles. The molecule has 0 saturated carbocycles. The lowest BCUT2D eigenvalue weighted by molar-refractivity contribution is 0.0996. The highest BCUT2D eigenvalue weighted by molar-refractivity contribution is 5.92. The lowest BCUT2D eigenvalue weighted by atomic mass is 10.1. The number of hydrogen-bond acceptors (Lipinski definition) is 4. The van der Waals surface area contributed by atoms with E-state index in [1.165, 1.54) is 11.6 Å². The van der Waals surface area contributed by atoms with Gasteiger partial charge < -0.3 is 16.8 Å². The number of pyridine rings is 1. The van der Waals surface area contributed by atoms with Crippen LogP contribution in [0.3, 0.4) is 0 Å². The molecule has 1 heterocycles. The molecule has 19 heavy (non-hydrogen) atoms. The van der Waals surface area contributed by atoms with Crippen LogP contribution in [-0.2, 0) is 6.42 Å². The van der Waals surface area contributed by atoms with E-state index in [0.29, 0.717) is 11.5 Å². The maximum absolute atomic E-state index is 11.1. The van der Waals surface area contributed by atoms with Gasteiger partial charge in [-0.25, -0.2) is 4.98 Å². The first-order chi connectivity index (χ1) is 9.10. The number of nitrogens with zero attached hydrogens (tertiary/aromatic N) is 1. The van der Waals surface area contributed by atoms with E-state index < -0.39 is 5.91 Å². The Morgan fingerprint density at radius 3 is 2.79 bits per heavy atom. The number of aromatic nitrogens is 1. The van der Waals surface area contributed by atoms with E-state index in [1.54, 1.807) is 6.07 Å². The number of hydrogen-bond donors (Lipinski definition) is 3. The number of aryl methyl sites for hydroxylation is 1. The van der Waals surface area contributed by atoms with Gasteiger partial charge in [0.25, 0.3) is 5.91 Å². The third-order valence-electron chi connectivity index (χ3n) is 2.78. The number of nitrogens with one attached hydrogen (secondary N) is 1. The molecule has 1 amide bonds. The molecule has 98 valence electrons. The standard InChI is InChI=1S/C14H16N4O/c1-2-9-4-3-5-10(8-9)17-14-11(15)6-7-12(18-14)13(16)19/h3-8H,2,15H2,1H3,(H2,16,19)(H,17,18). The number of carbonyl (C=O) groups is 1. The number of carbonyl (C=O) groups excluding carboxylic acids is 1. The van der Waals surface area contributed by atoms with Crippen LogP contribution in [0.1, 0.15) is 23.0 Å². The molecule has 5 N–H and O–H groups in total. The number of benzene rings is 1. The maximum Gasteiger partial charge on any atom is 0.267 e. The second-order valence-corrected chi connectivity index (χ2v) is 4.18. The molecule has 1 aromatic carbocycles. The Bertz CT molecular complexity index is 610. The Labute approximate surface area is 111 Å². The number of primary amides is 1. The zero-order valence-corrected chi connectivity index (χ0v) is 10.7. The summed E-state index contributed by atoms with van der Waals surface area (Å²) in [5.41, 5.74) is 13.8. The molecule has 5 heteroatoms. The van der Waals surface area contributed by atoms with Crippen LogP contribution in [0, 0.1) is 0 Å². The number of rotatable bonds is 4. The van der Waals surface area contributed by atoms with Crippen molar-refractivity contribution < 1.29 is 4.79 Å². The monoisotopic (exact) mass is 256 g/mol. The first-order valence-electron chi connectivity index (χ1n) is 6.02. The van der Waals surface area contributed by atoms with E-state index >= 15 is 0 Å². The van der Waals surface area contributed by atoms with Gasteiger partial charge in [0.2, 0.25) is 0 Å². The molecule has 2 aromatic rings. The third-order valence-corrected chi connectivity index (χ3v) is 2.78. The summed E-state index contributed by atoms with van der Waals surface area (Å²) in [6.07, 6.45) is 0.944. The van der Waals surface area contributed by atoms with Crippen molar-refractivity contribution in [1.29, 1.82) is 0 Å². The predicted molar refractivity (Wildman–Crippen MR) is 76.3 cm³/mol. The fraction of sp³-hybridized carbons (Fsp3) is 0.143. The summed E-state index contributed by atoms with van der Waals surface area (Å²) in [6, 6.07) is 11.0. The summed E-state index contributed by atoms with van der Waals surface area (Å²) in [4.78, 5) is 15.2. The SMILES string of the molecule is CCc1cccc(Nc2nc(C(N)=O)ccc2N)c1. The molecule has 0 spiro atoms. The van der Waals surface area contributed by atoms with Gasteiger partial charge >= 0.3 is 0 Å². The van der Waals surface area contributed by atoms with E-state index in [1.807, 2.05) is 24.3 Å². The minimum atomic E-state index is -0.578. The Balaban J connectivity index is 2.31. The fourth-order valence-corrected chi connectivity index (χ4v) is 1.71. The summed E-state index contributed by atoms with van der Waals surface area (Å²) in [7, 11) is 0. The Hall–Kier alpha value is -2.56. The number of nitrogen functional groups attached to an aromatic ring is 1. The lowest BCUT2D eigenvalue weighted by Crippen LogP contribution is -2.14. The summed E-state index contributed by atoms with van der Waals surface area (Å²) in [5, 5.41) is 3.10. The summed E-state index contributed by atoms with van der Waals surface area (Å²) in [5.74, 6) is -0.144. The Morgan fingerprint density at radius 1 is 1.32 bits per heavy atom. The summed E-state index contributed by atoms with van der Waals surface area (Å²) < 4.78 is 0. The van der Waals surface area contributed by atoms with Crippen LogP contribution in [-0.4, -0.2) is 10.9 Å². The second kappa shape index (κ2) is 5.39. The normalized spacial score (nSPS) is 10.2. The van der Waals surface area contributed by atoms with Gasteiger partial charge in [0.05, 0.1) is 5.69 Å². The molecule has 0 radical (unpaired) electrons. The second-order valence-electron chi connectivity index (χ2n) is 4.18. The van der Waals surface area contributed by atoms with Crippen LogP contribution < -0.4 is 16.8 Å². The van der Waals surface area contributed by atoms with Crippen LogP contribution >= 0.6 is 0 Å². The van der Waals surface area contributed by atoms with Crippen LogP contribution in [0.15, 0.2) is 36.4 Å².